The molecule has 0 aromatic carbocycles. The first-order chi connectivity index (χ1) is 9.50. The van der Waals surface area contributed by atoms with E-state index in [1.54, 1.807) is 0 Å². The van der Waals surface area contributed by atoms with E-state index in [1.165, 1.54) is 32.7 Å². The number of likely N-dealkylation sites (N-methyl/N-ethyl adjacent to an activating group) is 2. The second-order valence-corrected chi connectivity index (χ2v) is 7.23. The van der Waals surface area contributed by atoms with Crippen LogP contribution < -0.4 is 0 Å². The maximum atomic E-state index is 5.48. The molecule has 0 unspecified atom stereocenters. The van der Waals surface area contributed by atoms with Crippen LogP contribution in [0.2, 0.25) is 0 Å². The molecule has 1 spiro atoms. The zero-order valence-corrected chi connectivity index (χ0v) is 13.5. The lowest BCUT2D eigenvalue weighted by Crippen LogP contribution is -2.71. The molecule has 0 amide bonds. The maximum absolute atomic E-state index is 5.48. The molecular weight excluding hydrogens is 252 g/mol. The Morgan fingerprint density at radius 3 is 2.20 bits per heavy atom. The summed E-state index contributed by atoms with van der Waals surface area (Å²) >= 11 is 0. The number of piperazine rings is 2. The highest BCUT2D eigenvalue weighted by Crippen LogP contribution is 2.28. The second kappa shape index (κ2) is 5.54. The monoisotopic (exact) mass is 282 g/mol. The van der Waals surface area contributed by atoms with Crippen LogP contribution in [0.15, 0.2) is 0 Å². The summed E-state index contributed by atoms with van der Waals surface area (Å²) in [4.78, 5) is 10.3. The first-order valence-corrected chi connectivity index (χ1v) is 7.96. The lowest BCUT2D eigenvalue weighted by Gasteiger charge is -2.55. The van der Waals surface area contributed by atoms with E-state index in [4.69, 9.17) is 4.74 Å². The Kier molecular flexibility index (Phi) is 4.08. The molecule has 0 N–H and O–H groups in total. The third kappa shape index (κ3) is 2.62. The van der Waals surface area contributed by atoms with Gasteiger partial charge in [-0.05, 0) is 27.9 Å². The van der Waals surface area contributed by atoms with Crippen LogP contribution in [0.1, 0.15) is 13.8 Å². The summed E-state index contributed by atoms with van der Waals surface area (Å²) in [5.41, 5.74) is 0.308. The number of rotatable bonds is 2. The van der Waals surface area contributed by atoms with Gasteiger partial charge >= 0.3 is 0 Å². The Balaban J connectivity index is 1.56. The Hall–Kier alpha value is -0.200. The maximum Gasteiger partial charge on any atom is 0.0805 e. The molecule has 3 rings (SSSR count). The van der Waals surface area contributed by atoms with Gasteiger partial charge in [0.1, 0.15) is 0 Å². The van der Waals surface area contributed by atoms with Crippen molar-refractivity contribution in [2.24, 2.45) is 0 Å². The van der Waals surface area contributed by atoms with Crippen molar-refractivity contribution in [2.45, 2.75) is 31.5 Å². The molecule has 3 aliphatic rings. The average molecular weight is 282 g/mol. The summed E-state index contributed by atoms with van der Waals surface area (Å²) in [5.74, 6) is 0. The minimum atomic E-state index is 0.308. The van der Waals surface area contributed by atoms with Gasteiger partial charge in [-0.25, -0.2) is 0 Å². The summed E-state index contributed by atoms with van der Waals surface area (Å²) in [5, 5.41) is 0. The standard InChI is InChI=1S/C15H30N4O/c1-13-7-19(8-14(2)17(13)4)12-18-6-5-16(3)15(9-18)10-20-11-15/h13-14H,5-12H2,1-4H3/t13-,14+. The van der Waals surface area contributed by atoms with Gasteiger partial charge in [0.05, 0.1) is 25.4 Å². The van der Waals surface area contributed by atoms with Crippen LogP contribution in [0.5, 0.6) is 0 Å². The number of ether oxygens (including phenoxy) is 1. The number of hydrogen-bond donors (Lipinski definition) is 0. The normalized spacial score (nSPS) is 37.2. The Bertz CT molecular complexity index is 335. The fourth-order valence-electron chi connectivity index (χ4n) is 3.83. The van der Waals surface area contributed by atoms with Gasteiger partial charge in [-0.1, -0.05) is 0 Å². The van der Waals surface area contributed by atoms with Gasteiger partial charge < -0.3 is 4.74 Å². The number of nitrogens with zero attached hydrogens (tertiary/aromatic N) is 4. The van der Waals surface area contributed by atoms with E-state index >= 15 is 0 Å². The van der Waals surface area contributed by atoms with E-state index in [-0.39, 0.29) is 0 Å². The first-order valence-electron chi connectivity index (χ1n) is 7.96. The lowest BCUT2D eigenvalue weighted by atomic mass is 9.92. The first kappa shape index (κ1) is 14.7. The van der Waals surface area contributed by atoms with Crippen molar-refractivity contribution in [2.75, 3.05) is 66.7 Å². The van der Waals surface area contributed by atoms with Gasteiger partial charge in [0.2, 0.25) is 0 Å². The fourth-order valence-corrected chi connectivity index (χ4v) is 3.83. The fraction of sp³-hybridized carbons (Fsp3) is 1.00. The highest BCUT2D eigenvalue weighted by Gasteiger charge is 2.46. The van der Waals surface area contributed by atoms with Crippen LogP contribution in [0.4, 0.5) is 0 Å². The highest BCUT2D eigenvalue weighted by atomic mass is 16.5. The van der Waals surface area contributed by atoms with E-state index < -0.39 is 0 Å². The van der Waals surface area contributed by atoms with Crippen LogP contribution in [0.25, 0.3) is 0 Å². The molecule has 2 atom stereocenters. The van der Waals surface area contributed by atoms with Crippen LogP contribution in [0.3, 0.4) is 0 Å². The molecule has 0 aliphatic carbocycles. The topological polar surface area (TPSA) is 22.2 Å². The van der Waals surface area contributed by atoms with Gasteiger partial charge in [0.25, 0.3) is 0 Å². The van der Waals surface area contributed by atoms with Crippen molar-refractivity contribution >= 4 is 0 Å². The summed E-state index contributed by atoms with van der Waals surface area (Å²) < 4.78 is 5.48. The van der Waals surface area contributed by atoms with Crippen molar-refractivity contribution < 1.29 is 4.74 Å². The SMILES string of the molecule is C[C@@H]1CN(CN2CCN(C)C3(COC3)C2)C[C@H](C)N1C. The Morgan fingerprint density at radius 2 is 1.65 bits per heavy atom. The van der Waals surface area contributed by atoms with E-state index in [2.05, 4.69) is 47.5 Å². The minimum absolute atomic E-state index is 0.308. The quantitative estimate of drug-likeness (QED) is 0.708. The molecule has 5 nitrogen and oxygen atoms in total. The van der Waals surface area contributed by atoms with Gasteiger partial charge in [0.15, 0.2) is 0 Å². The smallest absolute Gasteiger partial charge is 0.0805 e. The predicted octanol–water partition coefficient (Wildman–Crippen LogP) is -0.0153. The van der Waals surface area contributed by atoms with E-state index in [0.717, 1.165) is 19.9 Å². The largest absolute Gasteiger partial charge is 0.377 e. The van der Waals surface area contributed by atoms with Gasteiger partial charge in [-0.15, -0.1) is 0 Å². The van der Waals surface area contributed by atoms with Crippen LogP contribution >= 0.6 is 0 Å². The molecule has 20 heavy (non-hydrogen) atoms. The zero-order chi connectivity index (χ0) is 14.3. The third-order valence-electron chi connectivity index (χ3n) is 5.66. The van der Waals surface area contributed by atoms with Gasteiger partial charge in [0, 0.05) is 44.8 Å². The summed E-state index contributed by atoms with van der Waals surface area (Å²) in [7, 11) is 4.50. The molecule has 0 bridgehead atoms. The zero-order valence-electron chi connectivity index (χ0n) is 13.5. The van der Waals surface area contributed by atoms with Gasteiger partial charge in [-0.3, -0.25) is 19.6 Å². The van der Waals surface area contributed by atoms with Crippen LogP contribution in [-0.4, -0.2) is 104 Å². The molecule has 116 valence electrons. The molecule has 0 aromatic rings. The van der Waals surface area contributed by atoms with Crippen LogP contribution in [-0.2, 0) is 4.74 Å². The van der Waals surface area contributed by atoms with Crippen LogP contribution in [0, 0.1) is 0 Å². The van der Waals surface area contributed by atoms with Crippen molar-refractivity contribution in [3.8, 4) is 0 Å². The molecule has 3 heterocycles. The summed E-state index contributed by atoms with van der Waals surface area (Å²) in [6.45, 7) is 13.5. The average Bonchev–Trinajstić information content (AvgIpc) is 2.36. The van der Waals surface area contributed by atoms with E-state index in [0.29, 0.717) is 17.6 Å². The molecule has 3 aliphatic heterocycles. The molecule has 0 aromatic heterocycles. The van der Waals surface area contributed by atoms with Crippen molar-refractivity contribution in [1.82, 2.24) is 19.6 Å². The Morgan fingerprint density at radius 1 is 1.00 bits per heavy atom. The summed E-state index contributed by atoms with van der Waals surface area (Å²) in [6.07, 6.45) is 0. The van der Waals surface area contributed by atoms with Crippen molar-refractivity contribution in [3.05, 3.63) is 0 Å². The van der Waals surface area contributed by atoms with E-state index in [1.807, 2.05) is 0 Å². The Labute approximate surface area is 123 Å². The number of hydrogen-bond acceptors (Lipinski definition) is 5. The molecule has 0 radical (unpaired) electrons. The van der Waals surface area contributed by atoms with Gasteiger partial charge in [-0.2, -0.15) is 0 Å². The van der Waals surface area contributed by atoms with E-state index in [9.17, 15) is 0 Å². The van der Waals surface area contributed by atoms with Crippen molar-refractivity contribution in [1.29, 1.82) is 0 Å². The summed E-state index contributed by atoms with van der Waals surface area (Å²) in [6, 6.07) is 1.32. The third-order valence-corrected chi connectivity index (χ3v) is 5.66. The molecule has 0 saturated carbocycles. The minimum Gasteiger partial charge on any atom is -0.377 e. The molecule has 3 saturated heterocycles. The molecule has 5 heteroatoms. The predicted molar refractivity (Wildman–Crippen MR) is 80.9 cm³/mol. The highest BCUT2D eigenvalue weighted by molar-refractivity contribution is 5.01. The second-order valence-electron chi connectivity index (χ2n) is 7.23. The molecular formula is C15H30N4O. The molecule has 3 fully saturated rings. The lowest BCUT2D eigenvalue weighted by molar-refractivity contribution is -0.166. The van der Waals surface area contributed by atoms with Crippen molar-refractivity contribution in [3.63, 3.8) is 0 Å².